The van der Waals surface area contributed by atoms with Crippen LogP contribution in [0.3, 0.4) is 0 Å². The number of hydrogen-bond donors (Lipinski definition) is 0. The van der Waals surface area contributed by atoms with E-state index >= 15 is 0 Å². The van der Waals surface area contributed by atoms with E-state index in [-0.39, 0.29) is 26.0 Å². The first kappa shape index (κ1) is 43.9. The van der Waals surface area contributed by atoms with Crippen molar-refractivity contribution < 1.29 is 24.5 Å². The first-order chi connectivity index (χ1) is 29.9. The molecular formula is C56H54IrN4OSi-2. The van der Waals surface area contributed by atoms with Gasteiger partial charge in [-0.15, -0.1) is 59.7 Å². The van der Waals surface area contributed by atoms with Gasteiger partial charge in [0.1, 0.15) is 0 Å². The second-order valence-corrected chi connectivity index (χ2v) is 23.6. The molecule has 0 unspecified atom stereocenters. The van der Waals surface area contributed by atoms with Crippen LogP contribution >= 0.6 is 0 Å². The molecule has 0 amide bonds. The molecule has 5 nitrogen and oxygen atoms in total. The van der Waals surface area contributed by atoms with Crippen molar-refractivity contribution in [2.24, 2.45) is 5.92 Å². The molecule has 0 bridgehead atoms. The van der Waals surface area contributed by atoms with E-state index in [1.54, 1.807) is 0 Å². The van der Waals surface area contributed by atoms with Crippen LogP contribution in [0.1, 0.15) is 70.2 Å². The Bertz CT molecular complexity index is 3250. The molecule has 319 valence electrons. The Morgan fingerprint density at radius 2 is 1.33 bits per heavy atom. The molecule has 4 aromatic heterocycles. The summed E-state index contributed by atoms with van der Waals surface area (Å²) in [5.74, 6) is 2.15. The van der Waals surface area contributed by atoms with E-state index in [0.717, 1.165) is 62.1 Å². The molecule has 1 radical (unpaired) electrons. The SMILES string of the molecule is CC(C)Cc1cc(-c2[c-]cccc2)ncc1[Si](C)(C)C.CC(C)c1ccc2c(n1)oc1c[c-]c(-c3nc4ccccc4n3-c3c(C(C)C)c4ccccc4c4ccccc34)cc12.[Ir]. The Hall–Kier alpha value is -5.72. The largest absolute Gasteiger partial charge is 0.486 e. The third-order valence-corrected chi connectivity index (χ3v) is 13.9. The number of aromatic nitrogens is 4. The topological polar surface area (TPSA) is 56.7 Å². The molecule has 0 saturated heterocycles. The number of imidazole rings is 1. The third kappa shape index (κ3) is 8.43. The summed E-state index contributed by atoms with van der Waals surface area (Å²) in [5, 5.41) is 8.52. The van der Waals surface area contributed by atoms with Crippen molar-refractivity contribution in [3.63, 3.8) is 0 Å². The summed E-state index contributed by atoms with van der Waals surface area (Å²) in [7, 11) is -1.34. The summed E-state index contributed by atoms with van der Waals surface area (Å²) >= 11 is 0. The summed E-state index contributed by atoms with van der Waals surface area (Å²) in [5.41, 5.74) is 11.5. The van der Waals surface area contributed by atoms with Gasteiger partial charge in [0, 0.05) is 42.8 Å². The fourth-order valence-corrected chi connectivity index (χ4v) is 10.5. The molecule has 0 aliphatic carbocycles. The zero-order chi connectivity index (χ0) is 43.3. The molecule has 6 aromatic carbocycles. The van der Waals surface area contributed by atoms with Gasteiger partial charge in [-0.25, -0.2) is 4.98 Å². The van der Waals surface area contributed by atoms with Crippen molar-refractivity contribution in [3.8, 4) is 28.3 Å². The minimum Gasteiger partial charge on any atom is -0.486 e. The molecule has 0 N–H and O–H groups in total. The van der Waals surface area contributed by atoms with Gasteiger partial charge in [0.15, 0.2) is 0 Å². The predicted octanol–water partition coefficient (Wildman–Crippen LogP) is 14.6. The van der Waals surface area contributed by atoms with E-state index in [0.29, 0.717) is 17.5 Å². The van der Waals surface area contributed by atoms with Gasteiger partial charge in [0.2, 0.25) is 5.71 Å². The van der Waals surface area contributed by atoms with Gasteiger partial charge >= 0.3 is 0 Å². The Labute approximate surface area is 386 Å². The molecule has 0 aliphatic heterocycles. The van der Waals surface area contributed by atoms with Crippen LogP contribution in [0.25, 0.3) is 83.0 Å². The third-order valence-electron chi connectivity index (χ3n) is 11.8. The monoisotopic (exact) mass is 1020 g/mol. The molecule has 63 heavy (non-hydrogen) atoms. The average molecular weight is 1020 g/mol. The summed E-state index contributed by atoms with van der Waals surface area (Å²) in [4.78, 5) is 14.7. The van der Waals surface area contributed by atoms with Gasteiger partial charge in [0.05, 0.1) is 36.2 Å². The zero-order valence-electron chi connectivity index (χ0n) is 37.7. The van der Waals surface area contributed by atoms with Crippen LogP contribution < -0.4 is 5.19 Å². The van der Waals surface area contributed by atoms with Crippen LogP contribution in [0.15, 0.2) is 138 Å². The number of rotatable bonds is 8. The van der Waals surface area contributed by atoms with E-state index in [1.165, 1.54) is 43.5 Å². The number of pyridine rings is 2. The minimum atomic E-state index is -1.34. The molecule has 7 heteroatoms. The summed E-state index contributed by atoms with van der Waals surface area (Å²) < 4.78 is 8.55. The number of furan rings is 1. The van der Waals surface area contributed by atoms with Crippen molar-refractivity contribution >= 4 is 67.9 Å². The van der Waals surface area contributed by atoms with Gasteiger partial charge in [-0.05, 0) is 81.0 Å². The number of hydrogen-bond acceptors (Lipinski definition) is 4. The van der Waals surface area contributed by atoms with Crippen LogP contribution in [0.4, 0.5) is 0 Å². The quantitative estimate of drug-likeness (QED) is 0.0864. The summed E-state index contributed by atoms with van der Waals surface area (Å²) in [6.07, 6.45) is 3.24. The Morgan fingerprint density at radius 3 is 2.02 bits per heavy atom. The van der Waals surface area contributed by atoms with Crippen molar-refractivity contribution in [3.05, 3.63) is 163 Å². The second-order valence-electron chi connectivity index (χ2n) is 18.6. The van der Waals surface area contributed by atoms with Crippen LogP contribution in [0.5, 0.6) is 0 Å². The van der Waals surface area contributed by atoms with Crippen LogP contribution in [0, 0.1) is 18.1 Å². The maximum Gasteiger partial charge on any atom is 0.216 e. The number of para-hydroxylation sites is 2. The smallest absolute Gasteiger partial charge is 0.216 e. The molecule has 0 atom stereocenters. The number of fused-ring (bicyclic) bond motifs is 7. The fraction of sp³-hybridized carbons (Fsp3) is 0.232. The Balaban J connectivity index is 0.000000219. The number of nitrogens with zero attached hydrogens (tertiary/aromatic N) is 4. The van der Waals surface area contributed by atoms with E-state index in [9.17, 15) is 0 Å². The predicted molar refractivity (Wildman–Crippen MR) is 264 cm³/mol. The van der Waals surface area contributed by atoms with Gasteiger partial charge < -0.3 is 14.0 Å². The molecular weight excluding hydrogens is 965 g/mol. The Morgan fingerprint density at radius 1 is 0.651 bits per heavy atom. The summed E-state index contributed by atoms with van der Waals surface area (Å²) in [6.45, 7) is 20.6. The minimum absolute atomic E-state index is 0. The molecule has 0 aliphatic rings. The second kappa shape index (κ2) is 17.8. The van der Waals surface area contributed by atoms with Gasteiger partial charge in [-0.1, -0.05) is 139 Å². The fourth-order valence-electron chi connectivity index (χ4n) is 8.95. The Kier molecular flexibility index (Phi) is 12.4. The van der Waals surface area contributed by atoms with Crippen LogP contribution in [-0.2, 0) is 26.5 Å². The average Bonchev–Trinajstić information content (AvgIpc) is 3.83. The molecule has 4 heterocycles. The van der Waals surface area contributed by atoms with E-state index in [4.69, 9.17) is 14.4 Å². The van der Waals surface area contributed by atoms with Crippen molar-refractivity contribution in [2.45, 2.75) is 79.4 Å². The molecule has 10 rings (SSSR count). The van der Waals surface area contributed by atoms with E-state index in [2.05, 4.69) is 192 Å². The van der Waals surface area contributed by atoms with Crippen LogP contribution in [0.2, 0.25) is 19.6 Å². The number of benzene rings is 6. The maximum atomic E-state index is 6.19. The van der Waals surface area contributed by atoms with Gasteiger partial charge in [-0.2, -0.15) is 0 Å². The molecule has 0 fully saturated rings. The standard InChI is InChI=1S/C38H30N3O.C18H24NSi.Ir/c1-22(2)31-19-18-29-30-21-24(17-20-34(30)42-38(29)40-31)37-39-32-15-9-10-16-33(32)41(37)36-28-14-8-6-12-26(28)25-11-5-7-13-27(25)35(36)23(3)4;1-14(2)11-16-12-17(15-9-7-6-8-10-15)19-13-18(16)20(3,4)5;/h5-16,18-23H,1-4H3;6-9,12-14H,11H2,1-5H3;/q2*-1;. The summed E-state index contributed by atoms with van der Waals surface area (Å²) in [6, 6.07) is 51.4. The zero-order valence-corrected chi connectivity index (χ0v) is 41.1. The van der Waals surface area contributed by atoms with E-state index in [1.807, 2.05) is 24.3 Å². The van der Waals surface area contributed by atoms with Crippen molar-refractivity contribution in [1.82, 2.24) is 19.5 Å². The molecule has 10 aromatic rings. The van der Waals surface area contributed by atoms with E-state index < -0.39 is 8.07 Å². The first-order valence-corrected chi connectivity index (χ1v) is 25.5. The van der Waals surface area contributed by atoms with Crippen molar-refractivity contribution in [1.29, 1.82) is 0 Å². The maximum absolute atomic E-state index is 6.19. The molecule has 0 spiro atoms. The van der Waals surface area contributed by atoms with Gasteiger partial charge in [-0.3, -0.25) is 4.98 Å². The van der Waals surface area contributed by atoms with Gasteiger partial charge in [0.25, 0.3) is 0 Å². The van der Waals surface area contributed by atoms with Crippen LogP contribution in [-0.4, -0.2) is 27.6 Å². The molecule has 0 saturated carbocycles. The van der Waals surface area contributed by atoms with Crippen molar-refractivity contribution in [2.75, 3.05) is 0 Å². The normalized spacial score (nSPS) is 11.9. The first-order valence-electron chi connectivity index (χ1n) is 22.0.